The fourth-order valence-electron chi connectivity index (χ4n) is 2.09. The van der Waals surface area contributed by atoms with E-state index in [1.807, 2.05) is 0 Å². The average Bonchev–Trinajstić information content (AvgIpc) is 3.12. The van der Waals surface area contributed by atoms with Crippen LogP contribution < -0.4 is 0 Å². The number of ether oxygens (including phenoxy) is 1. The van der Waals surface area contributed by atoms with E-state index >= 15 is 0 Å². The molecule has 0 N–H and O–H groups in total. The quantitative estimate of drug-likeness (QED) is 0.408. The molecule has 27 heavy (non-hydrogen) atoms. The Morgan fingerprint density at radius 1 is 1.19 bits per heavy atom. The fraction of sp³-hybridized carbons (Fsp3) is 0.167. The highest BCUT2D eigenvalue weighted by Gasteiger charge is 2.12. The molecule has 140 valence electrons. The number of esters is 1. The maximum Gasteiger partial charge on any atom is 0.307 e. The van der Waals surface area contributed by atoms with Gasteiger partial charge in [-0.05, 0) is 30.3 Å². The molecule has 0 aliphatic rings. The zero-order valence-corrected chi connectivity index (χ0v) is 15.4. The maximum atomic E-state index is 13.1. The third-order valence-electron chi connectivity index (χ3n) is 3.37. The van der Waals surface area contributed by atoms with Crippen LogP contribution in [0.15, 0.2) is 51.9 Å². The lowest BCUT2D eigenvalue weighted by molar-refractivity contribution is -0.145. The van der Waals surface area contributed by atoms with Gasteiger partial charge in [-0.25, -0.2) is 8.78 Å². The number of aromatic nitrogens is 2. The second-order valence-electron chi connectivity index (χ2n) is 5.36. The van der Waals surface area contributed by atoms with Gasteiger partial charge in [0.2, 0.25) is 5.82 Å². The van der Waals surface area contributed by atoms with Crippen LogP contribution in [-0.4, -0.2) is 21.9 Å². The predicted molar refractivity (Wildman–Crippen MR) is 96.2 cm³/mol. The molecule has 0 saturated carbocycles. The minimum absolute atomic E-state index is 0.0962. The lowest BCUT2D eigenvalue weighted by Crippen LogP contribution is -2.05. The standard InChI is InChI=1S/C18H13ClF2N2O3S/c19-12-3-1-2-11(8-12)18-22-16(26-23-18)10-25-17(24)6-7-27-13-4-5-14(20)15(21)9-13/h1-5,8-9H,6-7,10H2. The highest BCUT2D eigenvalue weighted by Crippen LogP contribution is 2.22. The van der Waals surface area contributed by atoms with Gasteiger partial charge in [-0.1, -0.05) is 28.9 Å². The number of hydrogen-bond donors (Lipinski definition) is 0. The lowest BCUT2D eigenvalue weighted by atomic mass is 10.2. The first kappa shape index (κ1) is 19.3. The van der Waals surface area contributed by atoms with Gasteiger partial charge in [0.25, 0.3) is 5.89 Å². The molecule has 2 aromatic carbocycles. The Morgan fingerprint density at radius 3 is 2.81 bits per heavy atom. The fourth-order valence-corrected chi connectivity index (χ4v) is 3.14. The maximum absolute atomic E-state index is 13.1. The monoisotopic (exact) mass is 410 g/mol. The molecule has 0 amide bonds. The van der Waals surface area contributed by atoms with Gasteiger partial charge in [0.15, 0.2) is 18.2 Å². The Bertz CT molecular complexity index is 952. The molecule has 0 fully saturated rings. The minimum Gasteiger partial charge on any atom is -0.456 e. The van der Waals surface area contributed by atoms with E-state index in [1.165, 1.54) is 17.8 Å². The SMILES string of the molecule is O=C(CCSc1ccc(F)c(F)c1)OCc1nc(-c2cccc(Cl)c2)no1. The summed E-state index contributed by atoms with van der Waals surface area (Å²) in [5.41, 5.74) is 0.687. The summed E-state index contributed by atoms with van der Waals surface area (Å²) < 4.78 is 36.1. The van der Waals surface area contributed by atoms with Crippen LogP contribution in [0, 0.1) is 11.6 Å². The molecule has 0 radical (unpaired) electrons. The third kappa shape index (κ3) is 5.51. The van der Waals surface area contributed by atoms with Crippen LogP contribution in [-0.2, 0) is 16.1 Å². The molecular weight excluding hydrogens is 398 g/mol. The minimum atomic E-state index is -0.922. The Morgan fingerprint density at radius 2 is 2.04 bits per heavy atom. The van der Waals surface area contributed by atoms with Gasteiger partial charge in [-0.2, -0.15) is 4.98 Å². The molecular formula is C18H13ClF2N2O3S. The Balaban J connectivity index is 1.44. The topological polar surface area (TPSA) is 65.2 Å². The van der Waals surface area contributed by atoms with E-state index in [4.69, 9.17) is 20.9 Å². The third-order valence-corrected chi connectivity index (χ3v) is 4.60. The van der Waals surface area contributed by atoms with E-state index in [2.05, 4.69) is 10.1 Å². The molecule has 0 aliphatic heterocycles. The molecule has 9 heteroatoms. The summed E-state index contributed by atoms with van der Waals surface area (Å²) in [6.07, 6.45) is 0.0962. The summed E-state index contributed by atoms with van der Waals surface area (Å²) in [7, 11) is 0. The van der Waals surface area contributed by atoms with E-state index in [0.29, 0.717) is 27.1 Å². The zero-order valence-electron chi connectivity index (χ0n) is 13.8. The molecule has 0 spiro atoms. The number of halogens is 3. The Hall–Kier alpha value is -2.45. The van der Waals surface area contributed by atoms with E-state index in [1.54, 1.807) is 24.3 Å². The molecule has 0 unspecified atom stereocenters. The van der Waals surface area contributed by atoms with Crippen LogP contribution >= 0.6 is 23.4 Å². The first-order valence-corrected chi connectivity index (χ1v) is 9.19. The highest BCUT2D eigenvalue weighted by atomic mass is 35.5. The van der Waals surface area contributed by atoms with E-state index in [-0.39, 0.29) is 18.9 Å². The van der Waals surface area contributed by atoms with Crippen molar-refractivity contribution in [2.75, 3.05) is 5.75 Å². The molecule has 1 aromatic heterocycles. The highest BCUT2D eigenvalue weighted by molar-refractivity contribution is 7.99. The van der Waals surface area contributed by atoms with Crippen molar-refractivity contribution in [2.45, 2.75) is 17.9 Å². The van der Waals surface area contributed by atoms with E-state index in [0.717, 1.165) is 12.1 Å². The number of thioether (sulfide) groups is 1. The van der Waals surface area contributed by atoms with Gasteiger partial charge in [-0.15, -0.1) is 11.8 Å². The molecule has 5 nitrogen and oxygen atoms in total. The zero-order chi connectivity index (χ0) is 19.2. The molecule has 0 aliphatic carbocycles. The van der Waals surface area contributed by atoms with Gasteiger partial charge in [0.05, 0.1) is 6.42 Å². The van der Waals surface area contributed by atoms with Crippen LogP contribution in [0.25, 0.3) is 11.4 Å². The van der Waals surface area contributed by atoms with Crippen molar-refractivity contribution in [3.8, 4) is 11.4 Å². The van der Waals surface area contributed by atoms with Crippen LogP contribution in [0.1, 0.15) is 12.3 Å². The van der Waals surface area contributed by atoms with Gasteiger partial charge < -0.3 is 9.26 Å². The number of carbonyl (C=O) groups excluding carboxylic acids is 1. The van der Waals surface area contributed by atoms with Crippen LogP contribution in [0.4, 0.5) is 8.78 Å². The smallest absolute Gasteiger partial charge is 0.307 e. The summed E-state index contributed by atoms with van der Waals surface area (Å²) in [6, 6.07) is 10.5. The number of carbonyl (C=O) groups is 1. The van der Waals surface area contributed by atoms with E-state index in [9.17, 15) is 13.6 Å². The number of hydrogen-bond acceptors (Lipinski definition) is 6. The Labute approximate surface area is 162 Å². The van der Waals surface area contributed by atoms with Crippen LogP contribution in [0.3, 0.4) is 0 Å². The van der Waals surface area contributed by atoms with Crippen molar-refractivity contribution < 1.29 is 22.8 Å². The van der Waals surface area contributed by atoms with Crippen molar-refractivity contribution in [1.29, 1.82) is 0 Å². The second kappa shape index (κ2) is 8.96. The van der Waals surface area contributed by atoms with Crippen molar-refractivity contribution in [3.05, 3.63) is 65.0 Å². The number of nitrogens with zero attached hydrogens (tertiary/aromatic N) is 2. The van der Waals surface area contributed by atoms with Gasteiger partial charge >= 0.3 is 5.97 Å². The van der Waals surface area contributed by atoms with Crippen LogP contribution in [0.2, 0.25) is 5.02 Å². The first-order chi connectivity index (χ1) is 13.0. The number of rotatable bonds is 7. The molecule has 0 bridgehead atoms. The molecule has 3 aromatic rings. The largest absolute Gasteiger partial charge is 0.456 e. The molecule has 0 saturated heterocycles. The second-order valence-corrected chi connectivity index (χ2v) is 6.96. The Kier molecular flexibility index (Phi) is 6.41. The summed E-state index contributed by atoms with van der Waals surface area (Å²) in [5, 5.41) is 4.36. The summed E-state index contributed by atoms with van der Waals surface area (Å²) in [5.74, 6) is -1.43. The van der Waals surface area contributed by atoms with Gasteiger partial charge in [-0.3, -0.25) is 4.79 Å². The lowest BCUT2D eigenvalue weighted by Gasteiger charge is -2.03. The number of benzene rings is 2. The van der Waals surface area contributed by atoms with Crippen molar-refractivity contribution in [3.63, 3.8) is 0 Å². The summed E-state index contributed by atoms with van der Waals surface area (Å²) >= 11 is 7.14. The van der Waals surface area contributed by atoms with Gasteiger partial charge in [0, 0.05) is 21.2 Å². The summed E-state index contributed by atoms with van der Waals surface area (Å²) in [4.78, 5) is 16.4. The molecule has 1 heterocycles. The molecule has 0 atom stereocenters. The van der Waals surface area contributed by atoms with Crippen molar-refractivity contribution >= 4 is 29.3 Å². The molecule has 3 rings (SSSR count). The normalized spacial score (nSPS) is 10.8. The van der Waals surface area contributed by atoms with Gasteiger partial charge in [0.1, 0.15) is 0 Å². The van der Waals surface area contributed by atoms with Crippen molar-refractivity contribution in [2.24, 2.45) is 0 Å². The van der Waals surface area contributed by atoms with Crippen molar-refractivity contribution in [1.82, 2.24) is 10.1 Å². The van der Waals surface area contributed by atoms with E-state index < -0.39 is 17.6 Å². The predicted octanol–water partition coefficient (Wildman–Crippen LogP) is 4.89. The summed E-state index contributed by atoms with van der Waals surface area (Å²) in [6.45, 7) is -0.151. The average molecular weight is 411 g/mol. The first-order valence-electron chi connectivity index (χ1n) is 7.83. The van der Waals surface area contributed by atoms with Crippen LogP contribution in [0.5, 0.6) is 0 Å².